The fourth-order valence-electron chi connectivity index (χ4n) is 9.80. The first-order valence-electron chi connectivity index (χ1n) is 14.7. The van der Waals surface area contributed by atoms with E-state index in [1.54, 1.807) is 6.08 Å². The number of carbonyl (C=O) groups excluding carboxylic acids is 2. The Morgan fingerprint density at radius 1 is 1.00 bits per heavy atom. The topological polar surface area (TPSA) is 183 Å². The number of hydrogen-bond acceptors (Lipinski definition) is 11. The van der Waals surface area contributed by atoms with E-state index in [9.17, 15) is 40.2 Å². The van der Waals surface area contributed by atoms with Crippen molar-refractivity contribution in [1.82, 2.24) is 0 Å². The summed E-state index contributed by atoms with van der Waals surface area (Å²) in [5.74, 6) is -0.707. The maximum atomic E-state index is 13.0. The Kier molecular flexibility index (Phi) is 7.03. The Morgan fingerprint density at radius 3 is 2.42 bits per heavy atom. The van der Waals surface area contributed by atoms with E-state index in [-0.39, 0.29) is 36.8 Å². The normalized spacial score (nSPS) is 54.1. The van der Waals surface area contributed by atoms with Crippen LogP contribution in [0.25, 0.3) is 0 Å². The molecular weight excluding hydrogens is 524 g/mol. The second kappa shape index (κ2) is 9.80. The van der Waals surface area contributed by atoms with Crippen molar-refractivity contribution in [3.05, 3.63) is 11.6 Å². The standard InChI is InChI=1S/C29H42O11/c1-26-6-3-18-19(29(26,37)9-5-17(26)15-10-21(32)38-13-15)4-8-28(36)11-16(2-7-27(18,28)14-31)39-25-24(35)23(34)22(33)20(12-30)40-25/h10,14,16-20,22-25,30,33-37H,2-9,11-13H2,1H3/t16-,17+,18-,19-,20-,22-,23+,24-,25-,26+,27-,28-,29-/m0/s1. The molecule has 40 heavy (non-hydrogen) atoms. The van der Waals surface area contributed by atoms with Crippen LogP contribution in [0.2, 0.25) is 0 Å². The maximum absolute atomic E-state index is 13.0. The minimum atomic E-state index is -1.57. The van der Waals surface area contributed by atoms with Crippen molar-refractivity contribution in [2.24, 2.45) is 28.6 Å². The molecule has 13 atom stereocenters. The largest absolute Gasteiger partial charge is 0.458 e. The lowest BCUT2D eigenvalue weighted by atomic mass is 9.41. The fourth-order valence-corrected chi connectivity index (χ4v) is 9.80. The van der Waals surface area contributed by atoms with Gasteiger partial charge in [-0.05, 0) is 74.7 Å². The van der Waals surface area contributed by atoms with Crippen LogP contribution in [-0.2, 0) is 23.8 Å². The van der Waals surface area contributed by atoms with Crippen molar-refractivity contribution in [2.45, 2.75) is 113 Å². The highest BCUT2D eigenvalue weighted by molar-refractivity contribution is 5.85. The quantitative estimate of drug-likeness (QED) is 0.146. The third-order valence-electron chi connectivity index (χ3n) is 12.0. The molecule has 224 valence electrons. The number of fused-ring (bicyclic) bond motifs is 5. The average molecular weight is 567 g/mol. The minimum Gasteiger partial charge on any atom is -0.458 e. The molecule has 0 spiro atoms. The molecule has 6 aliphatic rings. The molecule has 0 unspecified atom stereocenters. The molecule has 11 nitrogen and oxygen atoms in total. The SMILES string of the molecule is C[C@]12CC[C@H]3[C@H](CC[C@]4(O)C[C@@H](O[C@H]5O[C@@H](CO)[C@H](O)[C@@H](O)[C@@H]5O)CC[C@]34C=O)[C@@]1(O)CC[C@@H]2C1=CC(=O)OC1. The molecule has 4 saturated carbocycles. The number of esters is 1. The number of aldehydes is 1. The molecule has 6 N–H and O–H groups in total. The van der Waals surface area contributed by atoms with Gasteiger partial charge >= 0.3 is 5.97 Å². The van der Waals surface area contributed by atoms with Crippen LogP contribution < -0.4 is 0 Å². The van der Waals surface area contributed by atoms with E-state index in [0.29, 0.717) is 44.9 Å². The number of aliphatic hydroxyl groups excluding tert-OH is 4. The number of rotatable bonds is 5. The van der Waals surface area contributed by atoms with Crippen molar-refractivity contribution >= 4 is 12.3 Å². The molecule has 11 heteroatoms. The van der Waals surface area contributed by atoms with Gasteiger partial charge in [-0.1, -0.05) is 6.92 Å². The van der Waals surface area contributed by atoms with Crippen molar-refractivity contribution in [3.8, 4) is 0 Å². The molecule has 0 aromatic heterocycles. The smallest absolute Gasteiger partial charge is 0.331 e. The predicted molar refractivity (Wildman–Crippen MR) is 136 cm³/mol. The summed E-state index contributed by atoms with van der Waals surface area (Å²) in [4.78, 5) is 24.8. The van der Waals surface area contributed by atoms with Crippen molar-refractivity contribution in [2.75, 3.05) is 13.2 Å². The molecular formula is C29H42O11. The third kappa shape index (κ3) is 3.85. The first-order chi connectivity index (χ1) is 18.9. The highest BCUT2D eigenvalue weighted by atomic mass is 16.7. The highest BCUT2D eigenvalue weighted by Crippen LogP contribution is 2.70. The number of hydrogen-bond donors (Lipinski definition) is 6. The van der Waals surface area contributed by atoms with E-state index in [0.717, 1.165) is 18.3 Å². The lowest BCUT2D eigenvalue weighted by molar-refractivity contribution is -0.322. The summed E-state index contributed by atoms with van der Waals surface area (Å²) >= 11 is 0. The zero-order chi connectivity index (χ0) is 28.7. The lowest BCUT2D eigenvalue weighted by Crippen LogP contribution is -2.69. The van der Waals surface area contributed by atoms with Gasteiger partial charge in [-0.25, -0.2) is 4.79 Å². The molecule has 0 aromatic rings. The first kappa shape index (κ1) is 28.7. The van der Waals surface area contributed by atoms with Gasteiger partial charge in [-0.2, -0.15) is 0 Å². The minimum absolute atomic E-state index is 0.0283. The van der Waals surface area contributed by atoms with Gasteiger partial charge in [0.15, 0.2) is 6.29 Å². The first-order valence-corrected chi connectivity index (χ1v) is 14.7. The van der Waals surface area contributed by atoms with Crippen molar-refractivity contribution in [1.29, 1.82) is 0 Å². The van der Waals surface area contributed by atoms with E-state index in [1.807, 2.05) is 0 Å². The highest BCUT2D eigenvalue weighted by Gasteiger charge is 2.71. The second-order valence-electron chi connectivity index (χ2n) is 13.4. The summed E-state index contributed by atoms with van der Waals surface area (Å²) in [6.07, 6.45) is -0.809. The van der Waals surface area contributed by atoms with Crippen LogP contribution in [0.4, 0.5) is 0 Å². The van der Waals surface area contributed by atoms with Gasteiger partial charge in [-0.3, -0.25) is 0 Å². The molecule has 0 amide bonds. The summed E-state index contributed by atoms with van der Waals surface area (Å²) in [6.45, 7) is 1.79. The summed E-state index contributed by atoms with van der Waals surface area (Å²) in [5, 5.41) is 64.6. The average Bonchev–Trinajstić information content (AvgIpc) is 3.48. The maximum Gasteiger partial charge on any atom is 0.331 e. The monoisotopic (exact) mass is 566 g/mol. The lowest BCUT2D eigenvalue weighted by Gasteiger charge is -2.65. The number of ether oxygens (including phenoxy) is 3. The van der Waals surface area contributed by atoms with Gasteiger partial charge < -0.3 is 49.6 Å². The van der Waals surface area contributed by atoms with Gasteiger partial charge in [0.05, 0.1) is 29.3 Å². The van der Waals surface area contributed by atoms with Gasteiger partial charge in [0, 0.05) is 17.9 Å². The van der Waals surface area contributed by atoms with Gasteiger partial charge in [0.25, 0.3) is 0 Å². The summed E-state index contributed by atoms with van der Waals surface area (Å²) < 4.78 is 16.7. The van der Waals surface area contributed by atoms with E-state index >= 15 is 0 Å². The zero-order valence-corrected chi connectivity index (χ0v) is 22.9. The van der Waals surface area contributed by atoms with Crippen LogP contribution in [0.3, 0.4) is 0 Å². The molecule has 0 bridgehead atoms. The molecule has 0 radical (unpaired) electrons. The van der Waals surface area contributed by atoms with Crippen LogP contribution in [0.15, 0.2) is 11.6 Å². The number of aliphatic hydroxyl groups is 6. The van der Waals surface area contributed by atoms with Gasteiger partial charge in [0.1, 0.15) is 37.3 Å². The molecule has 4 aliphatic carbocycles. The predicted octanol–water partition coefficient (Wildman–Crippen LogP) is -0.278. The van der Waals surface area contributed by atoms with Crippen LogP contribution in [0, 0.1) is 28.6 Å². The van der Waals surface area contributed by atoms with E-state index < -0.39 is 65.4 Å². The number of carbonyl (C=O) groups is 2. The van der Waals surface area contributed by atoms with E-state index in [1.165, 1.54) is 0 Å². The van der Waals surface area contributed by atoms with Crippen molar-refractivity contribution < 1.29 is 54.4 Å². The van der Waals surface area contributed by atoms with E-state index in [2.05, 4.69) is 6.92 Å². The van der Waals surface area contributed by atoms with Crippen molar-refractivity contribution in [3.63, 3.8) is 0 Å². The zero-order valence-electron chi connectivity index (χ0n) is 22.9. The molecule has 5 fully saturated rings. The molecule has 6 rings (SSSR count). The Hall–Kier alpha value is -1.44. The van der Waals surface area contributed by atoms with Gasteiger partial charge in [0.2, 0.25) is 0 Å². The van der Waals surface area contributed by atoms with Crippen LogP contribution in [-0.4, -0.2) is 104 Å². The molecule has 1 saturated heterocycles. The number of cyclic esters (lactones) is 1. The van der Waals surface area contributed by atoms with Gasteiger partial charge in [-0.15, -0.1) is 0 Å². The summed E-state index contributed by atoms with van der Waals surface area (Å²) in [5.41, 5.74) is -3.01. The van der Waals surface area contributed by atoms with Crippen LogP contribution >= 0.6 is 0 Å². The Morgan fingerprint density at radius 2 is 1.75 bits per heavy atom. The molecule has 2 heterocycles. The van der Waals surface area contributed by atoms with Crippen LogP contribution in [0.5, 0.6) is 0 Å². The van der Waals surface area contributed by atoms with Crippen LogP contribution in [0.1, 0.15) is 64.7 Å². The Balaban J connectivity index is 1.22. The molecule has 2 aliphatic heterocycles. The van der Waals surface area contributed by atoms with E-state index in [4.69, 9.17) is 14.2 Å². The fraction of sp³-hybridized carbons (Fsp3) is 0.862. The Labute approximate surface area is 233 Å². The second-order valence-corrected chi connectivity index (χ2v) is 13.4. The summed E-state index contributed by atoms with van der Waals surface area (Å²) in [7, 11) is 0. The third-order valence-corrected chi connectivity index (χ3v) is 12.0. The molecule has 0 aromatic carbocycles. The summed E-state index contributed by atoms with van der Waals surface area (Å²) in [6, 6.07) is 0. The Bertz CT molecular complexity index is 1060.